The molecule has 1 heterocycles. The SMILES string of the molecule is c1ccc2c(CN3CCN(Cc4c5ccccc5cc5ccccc45)CCN(Cc4c5ccccc5cc5ccccc45)CCN(Cc4c5ccccc5cc5ccccc45)CC3)c3ccccc3cc2c1. The van der Waals surface area contributed by atoms with Crippen molar-refractivity contribution in [2.75, 3.05) is 52.4 Å². The van der Waals surface area contributed by atoms with Crippen LogP contribution < -0.4 is 0 Å². The van der Waals surface area contributed by atoms with E-state index in [0.717, 1.165) is 78.5 Å². The second-order valence-electron chi connectivity index (χ2n) is 20.3. The van der Waals surface area contributed by atoms with E-state index in [9.17, 15) is 0 Å². The Kier molecular flexibility index (Phi) is 12.1. The van der Waals surface area contributed by atoms with Gasteiger partial charge in [0.2, 0.25) is 0 Å². The van der Waals surface area contributed by atoms with Crippen molar-refractivity contribution >= 4 is 86.2 Å². The van der Waals surface area contributed by atoms with E-state index in [-0.39, 0.29) is 0 Å². The Bertz CT molecular complexity index is 3200. The number of benzene rings is 12. The Morgan fingerprint density at radius 2 is 0.333 bits per heavy atom. The van der Waals surface area contributed by atoms with Gasteiger partial charge >= 0.3 is 0 Å². The molecule has 72 heavy (non-hydrogen) atoms. The van der Waals surface area contributed by atoms with E-state index in [2.05, 4.69) is 238 Å². The molecular weight excluding hydrogens is 873 g/mol. The molecule has 0 spiro atoms. The van der Waals surface area contributed by atoms with Crippen LogP contribution in [0.1, 0.15) is 22.3 Å². The highest BCUT2D eigenvalue weighted by Crippen LogP contribution is 2.35. The summed E-state index contributed by atoms with van der Waals surface area (Å²) < 4.78 is 0. The fourth-order valence-corrected chi connectivity index (χ4v) is 12.2. The first-order valence-electron chi connectivity index (χ1n) is 26.1. The molecule has 0 atom stereocenters. The molecule has 1 saturated heterocycles. The molecule has 0 aromatic heterocycles. The van der Waals surface area contributed by atoms with Gasteiger partial charge in [0.05, 0.1) is 0 Å². The second-order valence-corrected chi connectivity index (χ2v) is 20.3. The highest BCUT2D eigenvalue weighted by Gasteiger charge is 2.23. The van der Waals surface area contributed by atoms with Gasteiger partial charge in [-0.3, -0.25) is 19.6 Å². The zero-order valence-electron chi connectivity index (χ0n) is 41.1. The summed E-state index contributed by atoms with van der Waals surface area (Å²) in [4.78, 5) is 11.2. The Balaban J connectivity index is 0.922. The van der Waals surface area contributed by atoms with Crippen molar-refractivity contribution in [2.24, 2.45) is 0 Å². The van der Waals surface area contributed by atoms with Crippen molar-refractivity contribution in [3.05, 3.63) is 241 Å². The quantitative estimate of drug-likeness (QED) is 0.141. The minimum Gasteiger partial charge on any atom is -0.296 e. The van der Waals surface area contributed by atoms with Crippen molar-refractivity contribution in [1.82, 2.24) is 19.6 Å². The van der Waals surface area contributed by atoms with Crippen molar-refractivity contribution in [1.29, 1.82) is 0 Å². The molecule has 12 aromatic carbocycles. The van der Waals surface area contributed by atoms with E-state index in [1.54, 1.807) is 0 Å². The van der Waals surface area contributed by atoms with Gasteiger partial charge in [-0.1, -0.05) is 194 Å². The normalized spacial score (nSPS) is 15.3. The van der Waals surface area contributed by atoms with Crippen LogP contribution in [0.5, 0.6) is 0 Å². The maximum absolute atomic E-state index is 2.79. The maximum atomic E-state index is 2.79. The Morgan fingerprint density at radius 1 is 0.194 bits per heavy atom. The van der Waals surface area contributed by atoms with Gasteiger partial charge < -0.3 is 0 Å². The Labute approximate surface area is 422 Å². The van der Waals surface area contributed by atoms with Gasteiger partial charge in [-0.2, -0.15) is 0 Å². The molecule has 13 rings (SSSR count). The molecule has 0 saturated carbocycles. The molecule has 1 aliphatic heterocycles. The van der Waals surface area contributed by atoms with Crippen LogP contribution in [-0.2, 0) is 26.2 Å². The smallest absolute Gasteiger partial charge is 0.0247 e. The summed E-state index contributed by atoms with van der Waals surface area (Å²) in [6.07, 6.45) is 0. The molecule has 4 nitrogen and oxygen atoms in total. The number of nitrogens with zero attached hydrogens (tertiary/aromatic N) is 4. The first-order valence-corrected chi connectivity index (χ1v) is 26.1. The minimum atomic E-state index is 0.887. The number of hydrogen-bond acceptors (Lipinski definition) is 4. The van der Waals surface area contributed by atoms with Crippen LogP contribution in [0.3, 0.4) is 0 Å². The Hall–Kier alpha value is -7.44. The second kappa shape index (κ2) is 19.6. The van der Waals surface area contributed by atoms with Gasteiger partial charge in [-0.05, 0) is 133 Å². The average molecular weight is 933 g/mol. The topological polar surface area (TPSA) is 13.0 Å². The fourth-order valence-electron chi connectivity index (χ4n) is 12.2. The lowest BCUT2D eigenvalue weighted by Crippen LogP contribution is -2.45. The predicted molar refractivity (Wildman–Crippen MR) is 307 cm³/mol. The number of hydrogen-bond donors (Lipinski definition) is 0. The molecule has 12 aromatic rings. The summed E-state index contributed by atoms with van der Waals surface area (Å²) in [5.74, 6) is 0. The molecular formula is C68H60N4. The highest BCUT2D eigenvalue weighted by molar-refractivity contribution is 6.05. The third kappa shape index (κ3) is 8.75. The highest BCUT2D eigenvalue weighted by atomic mass is 15.3. The van der Waals surface area contributed by atoms with Crippen LogP contribution in [-0.4, -0.2) is 72.0 Å². The van der Waals surface area contributed by atoms with E-state index >= 15 is 0 Å². The molecule has 0 unspecified atom stereocenters. The van der Waals surface area contributed by atoms with Crippen LogP contribution in [0.25, 0.3) is 86.2 Å². The van der Waals surface area contributed by atoms with Crippen LogP contribution in [0.2, 0.25) is 0 Å². The monoisotopic (exact) mass is 932 g/mol. The lowest BCUT2D eigenvalue weighted by atomic mass is 9.96. The fraction of sp³-hybridized carbons (Fsp3) is 0.176. The van der Waals surface area contributed by atoms with Crippen molar-refractivity contribution in [3.63, 3.8) is 0 Å². The predicted octanol–water partition coefficient (Wildman–Crippen LogP) is 15.2. The maximum Gasteiger partial charge on any atom is 0.0247 e. The minimum absolute atomic E-state index is 0.887. The zero-order chi connectivity index (χ0) is 47.8. The van der Waals surface area contributed by atoms with Crippen LogP contribution in [0, 0.1) is 0 Å². The van der Waals surface area contributed by atoms with E-state index < -0.39 is 0 Å². The third-order valence-corrected chi connectivity index (χ3v) is 16.0. The summed E-state index contributed by atoms with van der Waals surface area (Å²) in [5, 5.41) is 21.4. The lowest BCUT2D eigenvalue weighted by Gasteiger charge is -2.35. The molecule has 0 N–H and O–H groups in total. The summed E-state index contributed by atoms with van der Waals surface area (Å²) in [6, 6.07) is 81.9. The van der Waals surface area contributed by atoms with E-state index in [4.69, 9.17) is 0 Å². The molecule has 0 amide bonds. The van der Waals surface area contributed by atoms with Gasteiger partial charge in [0, 0.05) is 78.5 Å². The van der Waals surface area contributed by atoms with Crippen molar-refractivity contribution < 1.29 is 0 Å². The van der Waals surface area contributed by atoms with Gasteiger partial charge in [-0.25, -0.2) is 0 Å². The van der Waals surface area contributed by atoms with Gasteiger partial charge in [0.25, 0.3) is 0 Å². The average Bonchev–Trinajstić information content (AvgIpc) is 3.42. The first kappa shape index (κ1) is 44.5. The molecule has 0 radical (unpaired) electrons. The van der Waals surface area contributed by atoms with Crippen molar-refractivity contribution in [2.45, 2.75) is 26.2 Å². The Morgan fingerprint density at radius 3 is 0.486 bits per heavy atom. The van der Waals surface area contributed by atoms with Gasteiger partial charge in [-0.15, -0.1) is 0 Å². The van der Waals surface area contributed by atoms with Crippen LogP contribution >= 0.6 is 0 Å². The standard InChI is InChI=1S/C68H60N4/c1-9-25-57-49(17-1)41-50-18-2-10-26-58(50)65(57)45-69-33-35-70(46-66-59-27-11-3-19-51(59)42-52-20-4-12-28-60(52)66)37-39-72(48-68-63-31-15-7-23-55(63)44-56-24-8-16-32-64(56)68)40-38-71(36-34-69)47-67-61-29-13-5-21-53(61)43-54-22-6-14-30-62(54)67/h1-32,41-44H,33-40,45-48H2. The number of fused-ring (bicyclic) bond motifs is 8. The molecule has 1 aliphatic rings. The van der Waals surface area contributed by atoms with E-state index in [0.29, 0.717) is 0 Å². The lowest BCUT2D eigenvalue weighted by molar-refractivity contribution is 0.123. The van der Waals surface area contributed by atoms with E-state index in [1.807, 2.05) is 0 Å². The summed E-state index contributed by atoms with van der Waals surface area (Å²) in [5.41, 5.74) is 5.73. The zero-order valence-corrected chi connectivity index (χ0v) is 41.1. The van der Waals surface area contributed by atoms with Crippen molar-refractivity contribution in [3.8, 4) is 0 Å². The summed E-state index contributed by atoms with van der Waals surface area (Å²) in [6.45, 7) is 11.2. The molecule has 1 fully saturated rings. The summed E-state index contributed by atoms with van der Waals surface area (Å²) >= 11 is 0. The first-order chi connectivity index (χ1) is 35.7. The molecule has 0 aliphatic carbocycles. The largest absolute Gasteiger partial charge is 0.296 e. The number of rotatable bonds is 8. The molecule has 4 heteroatoms. The van der Waals surface area contributed by atoms with Gasteiger partial charge in [0.1, 0.15) is 0 Å². The third-order valence-electron chi connectivity index (χ3n) is 16.0. The summed E-state index contributed by atoms with van der Waals surface area (Å²) in [7, 11) is 0. The molecule has 352 valence electrons. The molecule has 0 bridgehead atoms. The van der Waals surface area contributed by atoms with Crippen LogP contribution in [0.4, 0.5) is 0 Å². The van der Waals surface area contributed by atoms with Gasteiger partial charge in [0.15, 0.2) is 0 Å². The van der Waals surface area contributed by atoms with E-state index in [1.165, 1.54) is 108 Å². The van der Waals surface area contributed by atoms with Crippen LogP contribution in [0.15, 0.2) is 218 Å².